The predicted molar refractivity (Wildman–Crippen MR) is 41.4 cm³/mol. The van der Waals surface area contributed by atoms with Crippen LogP contribution in [0, 0.1) is 0 Å². The van der Waals surface area contributed by atoms with Gasteiger partial charge in [0.1, 0.15) is 5.75 Å². The van der Waals surface area contributed by atoms with Crippen molar-refractivity contribution >= 4 is 0 Å². The Bertz CT molecular complexity index is 235. The van der Waals surface area contributed by atoms with Crippen LogP contribution in [0.2, 0.25) is 0 Å². The Labute approximate surface area is 65.5 Å². The van der Waals surface area contributed by atoms with E-state index in [0.29, 0.717) is 6.54 Å². The highest BCUT2D eigenvalue weighted by Gasteiger charge is 2.00. The fourth-order valence-electron chi connectivity index (χ4n) is 0.891. The summed E-state index contributed by atoms with van der Waals surface area (Å²) in [5.74, 6) is 0.216. The van der Waals surface area contributed by atoms with Crippen LogP contribution in [0.3, 0.4) is 0 Å². The van der Waals surface area contributed by atoms with Crippen molar-refractivity contribution in [2.75, 3.05) is 7.05 Å². The van der Waals surface area contributed by atoms with E-state index in [1.807, 2.05) is 6.07 Å². The zero-order valence-electron chi connectivity index (χ0n) is 6.36. The monoisotopic (exact) mass is 153 g/mol. The number of hydroxylamine groups is 2. The van der Waals surface area contributed by atoms with Crippen molar-refractivity contribution in [2.45, 2.75) is 6.54 Å². The molecule has 0 radical (unpaired) electrons. The number of benzene rings is 1. The summed E-state index contributed by atoms with van der Waals surface area (Å²) < 4.78 is 0. The van der Waals surface area contributed by atoms with Gasteiger partial charge in [0, 0.05) is 12.6 Å². The molecule has 0 aromatic heterocycles. The Kier molecular flexibility index (Phi) is 2.46. The molecule has 0 fully saturated rings. The van der Waals surface area contributed by atoms with E-state index in [4.69, 9.17) is 5.21 Å². The van der Waals surface area contributed by atoms with Crippen LogP contribution in [0.15, 0.2) is 24.3 Å². The normalized spacial score (nSPS) is 10.5. The van der Waals surface area contributed by atoms with Crippen LogP contribution in [0.5, 0.6) is 5.75 Å². The maximum Gasteiger partial charge on any atom is 0.120 e. The van der Waals surface area contributed by atoms with Crippen LogP contribution < -0.4 is 0 Å². The van der Waals surface area contributed by atoms with Gasteiger partial charge in [0.15, 0.2) is 0 Å². The van der Waals surface area contributed by atoms with Gasteiger partial charge in [-0.1, -0.05) is 18.2 Å². The summed E-state index contributed by atoms with van der Waals surface area (Å²) in [5, 5.41) is 19.1. The molecule has 0 amide bonds. The molecule has 3 heteroatoms. The lowest BCUT2D eigenvalue weighted by Crippen LogP contribution is -2.11. The summed E-state index contributed by atoms with van der Waals surface area (Å²) in [4.78, 5) is 0. The average Bonchev–Trinajstić information content (AvgIpc) is 1.93. The van der Waals surface area contributed by atoms with Gasteiger partial charge in [-0.2, -0.15) is 5.06 Å². The van der Waals surface area contributed by atoms with Crippen molar-refractivity contribution in [1.29, 1.82) is 0 Å². The highest BCUT2D eigenvalue weighted by Crippen LogP contribution is 2.15. The zero-order valence-corrected chi connectivity index (χ0v) is 6.36. The lowest BCUT2D eigenvalue weighted by Gasteiger charge is -2.08. The SMILES string of the molecule is CN(O)Cc1ccccc1O. The molecule has 0 aliphatic heterocycles. The number of rotatable bonds is 2. The molecule has 0 unspecified atom stereocenters. The molecule has 1 rings (SSSR count). The molecule has 0 saturated heterocycles. The molecule has 2 N–H and O–H groups in total. The number of nitrogens with zero attached hydrogens (tertiary/aromatic N) is 1. The average molecular weight is 153 g/mol. The third-order valence-corrected chi connectivity index (χ3v) is 1.39. The smallest absolute Gasteiger partial charge is 0.120 e. The van der Waals surface area contributed by atoms with E-state index in [1.165, 1.54) is 7.05 Å². The first-order valence-electron chi connectivity index (χ1n) is 3.37. The Morgan fingerprint density at radius 2 is 2.00 bits per heavy atom. The first-order chi connectivity index (χ1) is 5.20. The third-order valence-electron chi connectivity index (χ3n) is 1.39. The number of aromatic hydroxyl groups is 1. The summed E-state index contributed by atoms with van der Waals surface area (Å²) in [6, 6.07) is 6.93. The number of hydrogen-bond acceptors (Lipinski definition) is 3. The fourth-order valence-corrected chi connectivity index (χ4v) is 0.891. The molecule has 0 aliphatic carbocycles. The van der Waals surface area contributed by atoms with Crippen molar-refractivity contribution in [3.05, 3.63) is 29.8 Å². The van der Waals surface area contributed by atoms with Gasteiger partial charge in [-0.15, -0.1) is 0 Å². The van der Waals surface area contributed by atoms with Crippen molar-refractivity contribution in [3.8, 4) is 5.75 Å². The number of hydrogen-bond donors (Lipinski definition) is 2. The Morgan fingerprint density at radius 1 is 1.36 bits per heavy atom. The van der Waals surface area contributed by atoms with Gasteiger partial charge in [0.05, 0.1) is 6.54 Å². The van der Waals surface area contributed by atoms with Crippen LogP contribution >= 0.6 is 0 Å². The van der Waals surface area contributed by atoms with Gasteiger partial charge >= 0.3 is 0 Å². The second kappa shape index (κ2) is 3.37. The highest BCUT2D eigenvalue weighted by molar-refractivity contribution is 5.31. The molecule has 0 saturated carbocycles. The number of phenols is 1. The van der Waals surface area contributed by atoms with E-state index in [2.05, 4.69) is 0 Å². The van der Waals surface area contributed by atoms with Gasteiger partial charge in [0.2, 0.25) is 0 Å². The van der Waals surface area contributed by atoms with E-state index in [-0.39, 0.29) is 5.75 Å². The molecule has 3 nitrogen and oxygen atoms in total. The maximum absolute atomic E-state index is 9.22. The van der Waals surface area contributed by atoms with E-state index in [9.17, 15) is 5.11 Å². The van der Waals surface area contributed by atoms with Crippen molar-refractivity contribution in [2.24, 2.45) is 0 Å². The fraction of sp³-hybridized carbons (Fsp3) is 0.250. The van der Waals surface area contributed by atoms with Crippen LogP contribution in [0.4, 0.5) is 0 Å². The summed E-state index contributed by atoms with van der Waals surface area (Å²) in [6.45, 7) is 0.340. The standard InChI is InChI=1S/C8H11NO2/c1-9(11)6-7-4-2-3-5-8(7)10/h2-5,10-11H,6H2,1H3. The highest BCUT2D eigenvalue weighted by atomic mass is 16.5. The Balaban J connectivity index is 2.78. The summed E-state index contributed by atoms with van der Waals surface area (Å²) in [7, 11) is 1.53. The van der Waals surface area contributed by atoms with E-state index in [0.717, 1.165) is 10.6 Å². The third kappa shape index (κ3) is 2.22. The van der Waals surface area contributed by atoms with Gasteiger partial charge in [-0.3, -0.25) is 0 Å². The minimum atomic E-state index is 0.216. The first kappa shape index (κ1) is 8.04. The molecule has 0 spiro atoms. The maximum atomic E-state index is 9.22. The zero-order chi connectivity index (χ0) is 8.27. The molecule has 11 heavy (non-hydrogen) atoms. The summed E-state index contributed by atoms with van der Waals surface area (Å²) >= 11 is 0. The van der Waals surface area contributed by atoms with Crippen LogP contribution in [-0.2, 0) is 6.54 Å². The molecule has 1 aromatic rings. The van der Waals surface area contributed by atoms with E-state index in [1.54, 1.807) is 18.2 Å². The van der Waals surface area contributed by atoms with Gasteiger partial charge in [-0.05, 0) is 6.07 Å². The minimum Gasteiger partial charge on any atom is -0.508 e. The van der Waals surface area contributed by atoms with Crippen LogP contribution in [0.1, 0.15) is 5.56 Å². The molecule has 0 atom stereocenters. The molecule has 0 bridgehead atoms. The van der Waals surface area contributed by atoms with Crippen molar-refractivity contribution in [3.63, 3.8) is 0 Å². The number of phenolic OH excluding ortho intramolecular Hbond substituents is 1. The Morgan fingerprint density at radius 3 is 2.55 bits per heavy atom. The minimum absolute atomic E-state index is 0.216. The van der Waals surface area contributed by atoms with Gasteiger partial charge in [-0.25, -0.2) is 0 Å². The van der Waals surface area contributed by atoms with Crippen LogP contribution in [0.25, 0.3) is 0 Å². The molecular formula is C8H11NO2. The second-order valence-electron chi connectivity index (χ2n) is 2.44. The number of para-hydroxylation sites is 1. The molecule has 1 aromatic carbocycles. The molecule has 0 aliphatic rings. The van der Waals surface area contributed by atoms with E-state index >= 15 is 0 Å². The second-order valence-corrected chi connectivity index (χ2v) is 2.44. The quantitative estimate of drug-likeness (QED) is 0.628. The molecule has 0 heterocycles. The topological polar surface area (TPSA) is 43.7 Å². The predicted octanol–water partition coefficient (Wildman–Crippen LogP) is 1.21. The largest absolute Gasteiger partial charge is 0.508 e. The van der Waals surface area contributed by atoms with Crippen molar-refractivity contribution < 1.29 is 10.3 Å². The lowest BCUT2D eigenvalue weighted by molar-refractivity contribution is -0.0735. The summed E-state index contributed by atoms with van der Waals surface area (Å²) in [6.07, 6.45) is 0. The Hall–Kier alpha value is -1.06. The van der Waals surface area contributed by atoms with E-state index < -0.39 is 0 Å². The lowest BCUT2D eigenvalue weighted by atomic mass is 10.2. The first-order valence-corrected chi connectivity index (χ1v) is 3.37. The summed E-state index contributed by atoms with van der Waals surface area (Å²) in [5.41, 5.74) is 0.720. The van der Waals surface area contributed by atoms with Gasteiger partial charge in [0.25, 0.3) is 0 Å². The van der Waals surface area contributed by atoms with Crippen LogP contribution in [-0.4, -0.2) is 22.4 Å². The van der Waals surface area contributed by atoms with Gasteiger partial charge < -0.3 is 10.3 Å². The molecular weight excluding hydrogens is 142 g/mol. The molecule has 60 valence electrons. The van der Waals surface area contributed by atoms with Crippen molar-refractivity contribution in [1.82, 2.24) is 5.06 Å².